The highest BCUT2D eigenvalue weighted by molar-refractivity contribution is 6.69. The van der Waals surface area contributed by atoms with E-state index in [0.717, 1.165) is 11.3 Å². The molecule has 0 amide bonds. The molecule has 0 heterocycles. The molecule has 2 atom stereocenters. The van der Waals surface area contributed by atoms with E-state index in [0.29, 0.717) is 13.0 Å². The van der Waals surface area contributed by atoms with E-state index < -0.39 is 8.32 Å². The van der Waals surface area contributed by atoms with Gasteiger partial charge in [0.2, 0.25) is 0 Å². The summed E-state index contributed by atoms with van der Waals surface area (Å²) >= 11 is 0. The number of ether oxygens (including phenoxy) is 1. The highest BCUT2D eigenvalue weighted by Gasteiger charge is 2.25. The lowest BCUT2D eigenvalue weighted by Crippen LogP contribution is -2.37. The van der Waals surface area contributed by atoms with Crippen molar-refractivity contribution >= 4 is 14.3 Å². The first-order valence-corrected chi connectivity index (χ1v) is 12.2. The van der Waals surface area contributed by atoms with Gasteiger partial charge < -0.3 is 14.5 Å². The molecule has 138 valence electrons. The Morgan fingerprint density at radius 3 is 2.44 bits per heavy atom. The topological polar surface area (TPSA) is 47.6 Å². The van der Waals surface area contributed by atoms with E-state index in [-0.39, 0.29) is 18.1 Å². The second-order valence-corrected chi connectivity index (χ2v) is 11.3. The van der Waals surface area contributed by atoms with E-state index in [4.69, 9.17) is 9.16 Å². The summed E-state index contributed by atoms with van der Waals surface area (Å²) in [5.41, 5.74) is 1.87. The highest BCUT2D eigenvalue weighted by Crippen LogP contribution is 2.20. The lowest BCUT2D eigenvalue weighted by atomic mass is 10.1. The summed E-state index contributed by atoms with van der Waals surface area (Å²) in [5.74, 6) is -0.363. The molecule has 0 aliphatic rings. The Morgan fingerprint density at radius 2 is 1.92 bits per heavy atom. The van der Waals surface area contributed by atoms with Crippen molar-refractivity contribution in [2.24, 2.45) is 0 Å². The van der Waals surface area contributed by atoms with Crippen molar-refractivity contribution in [3.63, 3.8) is 0 Å². The van der Waals surface area contributed by atoms with Gasteiger partial charge in [0.25, 0.3) is 0 Å². The largest absolute Gasteiger partial charge is 0.463 e. The highest BCUT2D eigenvalue weighted by atomic mass is 28.4. The van der Waals surface area contributed by atoms with Crippen LogP contribution in [0, 0.1) is 0 Å². The molecule has 1 N–H and O–H groups in total. The van der Waals surface area contributed by atoms with E-state index >= 15 is 0 Å². The molecule has 0 spiro atoms. The number of hydrogen-bond donors (Lipinski definition) is 1. The van der Waals surface area contributed by atoms with Gasteiger partial charge in [0.1, 0.15) is 0 Å². The number of nitrogens with one attached hydrogen (secondary N) is 1. The molecule has 1 rings (SSSR count). The number of esters is 1. The first-order valence-electron chi connectivity index (χ1n) is 8.75. The van der Waals surface area contributed by atoms with Crippen LogP contribution in [0.3, 0.4) is 0 Å². The predicted molar refractivity (Wildman–Crippen MR) is 106 cm³/mol. The van der Waals surface area contributed by atoms with Crippen LogP contribution >= 0.6 is 0 Å². The van der Waals surface area contributed by atoms with Crippen LogP contribution < -0.4 is 5.32 Å². The molecule has 4 nitrogen and oxygen atoms in total. The third-order valence-corrected chi connectivity index (χ3v) is 4.46. The van der Waals surface area contributed by atoms with Gasteiger partial charge in [-0.25, -0.2) is 4.79 Å². The quantitative estimate of drug-likeness (QED) is 0.287. The van der Waals surface area contributed by atoms with Crippen molar-refractivity contribution < 1.29 is 14.0 Å². The smallest absolute Gasteiger partial charge is 0.332 e. The van der Waals surface area contributed by atoms with Gasteiger partial charge in [-0.1, -0.05) is 36.4 Å². The third kappa shape index (κ3) is 8.18. The minimum atomic E-state index is -1.80. The first kappa shape index (κ1) is 21.2. The minimum Gasteiger partial charge on any atom is -0.463 e. The van der Waals surface area contributed by atoms with Gasteiger partial charge in [0.05, 0.1) is 12.7 Å². The normalized spacial score (nSPS) is 14.5. The SMILES string of the molecule is C=CC[C@@H](O[Si](C)(C)C)/C(=C\C(=O)OCC)N[C@H](C)c1ccccc1. The van der Waals surface area contributed by atoms with Crippen LogP contribution in [-0.2, 0) is 14.0 Å². The summed E-state index contributed by atoms with van der Waals surface area (Å²) in [6, 6.07) is 10.1. The molecule has 0 aliphatic heterocycles. The monoisotopic (exact) mass is 361 g/mol. The summed E-state index contributed by atoms with van der Waals surface area (Å²) in [6.45, 7) is 14.4. The number of benzene rings is 1. The second-order valence-electron chi connectivity index (χ2n) is 6.87. The molecule has 0 saturated heterocycles. The van der Waals surface area contributed by atoms with Crippen molar-refractivity contribution in [3.8, 4) is 0 Å². The average molecular weight is 362 g/mol. The molecule has 0 bridgehead atoms. The molecule has 1 aromatic carbocycles. The number of carbonyl (C=O) groups is 1. The van der Waals surface area contributed by atoms with Gasteiger partial charge in [-0.2, -0.15) is 0 Å². The second kappa shape index (κ2) is 10.2. The number of hydrogen-bond acceptors (Lipinski definition) is 4. The van der Waals surface area contributed by atoms with Crippen LogP contribution in [0.5, 0.6) is 0 Å². The van der Waals surface area contributed by atoms with Gasteiger partial charge in [0.15, 0.2) is 8.32 Å². The zero-order valence-corrected chi connectivity index (χ0v) is 17.0. The summed E-state index contributed by atoms with van der Waals surface area (Å²) in [7, 11) is -1.80. The lowest BCUT2D eigenvalue weighted by molar-refractivity contribution is -0.137. The maximum absolute atomic E-state index is 12.0. The fraction of sp³-hybridized carbons (Fsp3) is 0.450. The molecule has 0 aliphatic carbocycles. The van der Waals surface area contributed by atoms with Crippen LogP contribution in [0.1, 0.15) is 31.9 Å². The van der Waals surface area contributed by atoms with Crippen molar-refractivity contribution in [1.82, 2.24) is 5.32 Å². The summed E-state index contributed by atoms with van der Waals surface area (Å²) in [5, 5.41) is 3.44. The van der Waals surface area contributed by atoms with Gasteiger partial charge in [-0.15, -0.1) is 6.58 Å². The Balaban J connectivity index is 3.08. The molecule has 1 aromatic rings. The maximum Gasteiger partial charge on any atom is 0.332 e. The lowest BCUT2D eigenvalue weighted by Gasteiger charge is -2.30. The Morgan fingerprint density at radius 1 is 1.28 bits per heavy atom. The van der Waals surface area contributed by atoms with Crippen molar-refractivity contribution in [3.05, 3.63) is 60.3 Å². The molecule has 25 heavy (non-hydrogen) atoms. The van der Waals surface area contributed by atoms with Crippen molar-refractivity contribution in [1.29, 1.82) is 0 Å². The molecule has 0 aromatic heterocycles. The number of carbonyl (C=O) groups excluding carboxylic acids is 1. The first-order chi connectivity index (χ1) is 11.8. The zero-order chi connectivity index (χ0) is 18.9. The molecule has 0 fully saturated rings. The van der Waals surface area contributed by atoms with E-state index in [1.165, 1.54) is 6.08 Å². The molecule has 0 saturated carbocycles. The molecule has 5 heteroatoms. The predicted octanol–water partition coefficient (Wildman–Crippen LogP) is 4.58. The summed E-state index contributed by atoms with van der Waals surface area (Å²) < 4.78 is 11.4. The fourth-order valence-corrected chi connectivity index (χ4v) is 3.51. The Hall–Kier alpha value is -1.85. The standard InChI is InChI=1S/C20H31NO3Si/c1-7-12-19(24-25(4,5)6)18(15-20(22)23-8-2)21-16(3)17-13-10-9-11-14-17/h7,9-11,13-16,19,21H,1,8,12H2,2-6H3/b18-15+/t16-,19-/m1/s1. The van der Waals surface area contributed by atoms with E-state index in [1.54, 1.807) is 6.92 Å². The average Bonchev–Trinajstić information content (AvgIpc) is 2.53. The van der Waals surface area contributed by atoms with E-state index in [9.17, 15) is 4.79 Å². The molecule has 0 radical (unpaired) electrons. The third-order valence-electron chi connectivity index (χ3n) is 3.47. The van der Waals surface area contributed by atoms with Crippen molar-refractivity contribution in [2.45, 2.75) is 52.1 Å². The summed E-state index contributed by atoms with van der Waals surface area (Å²) in [4.78, 5) is 12.0. The van der Waals surface area contributed by atoms with Crippen LogP contribution in [-0.4, -0.2) is 27.0 Å². The van der Waals surface area contributed by atoms with Gasteiger partial charge in [-0.3, -0.25) is 0 Å². The van der Waals surface area contributed by atoms with Crippen LogP contribution in [0.15, 0.2) is 54.8 Å². The maximum atomic E-state index is 12.0. The van der Waals surface area contributed by atoms with E-state index in [1.807, 2.05) is 24.3 Å². The fourth-order valence-electron chi connectivity index (χ4n) is 2.43. The zero-order valence-electron chi connectivity index (χ0n) is 16.0. The Bertz CT molecular complexity index is 578. The van der Waals surface area contributed by atoms with Crippen molar-refractivity contribution in [2.75, 3.05) is 6.61 Å². The van der Waals surface area contributed by atoms with Crippen LogP contribution in [0.25, 0.3) is 0 Å². The van der Waals surface area contributed by atoms with Gasteiger partial charge in [-0.05, 0) is 45.5 Å². The Kier molecular flexibility index (Phi) is 8.65. The molecular weight excluding hydrogens is 330 g/mol. The molecular formula is C20H31NO3Si. The van der Waals surface area contributed by atoms with Crippen LogP contribution in [0.4, 0.5) is 0 Å². The number of rotatable bonds is 10. The molecule has 0 unspecified atom stereocenters. The minimum absolute atomic E-state index is 0.0411. The summed E-state index contributed by atoms with van der Waals surface area (Å²) in [6.07, 6.45) is 3.72. The van der Waals surface area contributed by atoms with Gasteiger partial charge in [0, 0.05) is 17.8 Å². The van der Waals surface area contributed by atoms with Gasteiger partial charge >= 0.3 is 5.97 Å². The Labute approximate surface area is 153 Å². The van der Waals surface area contributed by atoms with Crippen LogP contribution in [0.2, 0.25) is 19.6 Å². The van der Waals surface area contributed by atoms with E-state index in [2.05, 4.69) is 50.6 Å².